The summed E-state index contributed by atoms with van der Waals surface area (Å²) < 4.78 is 21.9. The van der Waals surface area contributed by atoms with E-state index in [1.807, 2.05) is 19.0 Å². The molecule has 12 heteroatoms. The standard InChI is InChI=1S/C25H36N4O8/c1-26-7-9-34-11-13-36-15-16-37-14-12-35-10-8-28(2)18-3-4-19-20(17-18)25(33)29(24(19)32)21-5-6-22(30)27-23(21)31/h3-4,17,21,26H,5-16H2,1-2H3,(H,27,30,31). The lowest BCUT2D eigenvalue weighted by molar-refractivity contribution is -0.136. The van der Waals surface area contributed by atoms with Crippen molar-refractivity contribution in [2.75, 3.05) is 84.9 Å². The van der Waals surface area contributed by atoms with Crippen LogP contribution in [0.3, 0.4) is 0 Å². The molecule has 0 bridgehead atoms. The summed E-state index contributed by atoms with van der Waals surface area (Å²) in [6.45, 7) is 5.47. The molecule has 1 aromatic rings. The van der Waals surface area contributed by atoms with Crippen molar-refractivity contribution >= 4 is 29.3 Å². The third-order valence-electron chi connectivity index (χ3n) is 6.05. The first-order valence-electron chi connectivity index (χ1n) is 12.5. The van der Waals surface area contributed by atoms with Gasteiger partial charge in [-0.3, -0.25) is 29.4 Å². The van der Waals surface area contributed by atoms with Crippen molar-refractivity contribution in [3.63, 3.8) is 0 Å². The second kappa shape index (κ2) is 14.7. The molecule has 2 aliphatic rings. The van der Waals surface area contributed by atoms with Crippen LogP contribution in [0.15, 0.2) is 18.2 Å². The van der Waals surface area contributed by atoms with Gasteiger partial charge in [-0.15, -0.1) is 0 Å². The van der Waals surface area contributed by atoms with Crippen molar-refractivity contribution in [3.05, 3.63) is 29.3 Å². The van der Waals surface area contributed by atoms with Gasteiger partial charge in [0, 0.05) is 32.2 Å². The summed E-state index contributed by atoms with van der Waals surface area (Å²) in [4.78, 5) is 52.3. The Kier molecular flexibility index (Phi) is 11.4. The van der Waals surface area contributed by atoms with Gasteiger partial charge in [-0.2, -0.15) is 0 Å². The molecule has 0 aliphatic carbocycles. The molecule has 2 heterocycles. The van der Waals surface area contributed by atoms with Crippen LogP contribution in [-0.4, -0.2) is 115 Å². The van der Waals surface area contributed by atoms with Crippen LogP contribution in [0.2, 0.25) is 0 Å². The summed E-state index contributed by atoms with van der Waals surface area (Å²) in [6, 6.07) is 4.03. The van der Waals surface area contributed by atoms with Crippen LogP contribution < -0.4 is 15.5 Å². The van der Waals surface area contributed by atoms with E-state index in [1.165, 1.54) is 0 Å². The number of rotatable bonds is 17. The number of carbonyl (C=O) groups excluding carboxylic acids is 4. The highest BCUT2D eigenvalue weighted by atomic mass is 16.6. The van der Waals surface area contributed by atoms with E-state index >= 15 is 0 Å². The van der Waals surface area contributed by atoms with Crippen molar-refractivity contribution in [2.24, 2.45) is 0 Å². The molecule has 1 unspecified atom stereocenters. The van der Waals surface area contributed by atoms with E-state index in [-0.39, 0.29) is 24.0 Å². The molecule has 1 atom stereocenters. The molecule has 0 saturated carbocycles. The minimum Gasteiger partial charge on any atom is -0.378 e. The molecule has 0 aromatic heterocycles. The van der Waals surface area contributed by atoms with Gasteiger partial charge in [-0.1, -0.05) is 0 Å². The number of anilines is 1. The zero-order valence-corrected chi connectivity index (χ0v) is 21.5. The van der Waals surface area contributed by atoms with Crippen LogP contribution in [0, 0.1) is 0 Å². The monoisotopic (exact) mass is 520 g/mol. The van der Waals surface area contributed by atoms with Crippen LogP contribution in [0.4, 0.5) is 5.69 Å². The number of imide groups is 2. The number of nitrogens with one attached hydrogen (secondary N) is 2. The molecular formula is C25H36N4O8. The first-order chi connectivity index (χ1) is 17.9. The number of carbonyl (C=O) groups is 4. The van der Waals surface area contributed by atoms with Crippen LogP contribution in [0.5, 0.6) is 0 Å². The highest BCUT2D eigenvalue weighted by Crippen LogP contribution is 2.30. The maximum atomic E-state index is 13.0. The summed E-state index contributed by atoms with van der Waals surface area (Å²) in [5.41, 5.74) is 1.25. The van der Waals surface area contributed by atoms with Gasteiger partial charge in [-0.05, 0) is 31.7 Å². The first kappa shape index (κ1) is 28.7. The molecule has 0 radical (unpaired) electrons. The Bertz CT molecular complexity index is 957. The quantitative estimate of drug-likeness (QED) is 0.210. The van der Waals surface area contributed by atoms with Crippen LogP contribution >= 0.6 is 0 Å². The average molecular weight is 521 g/mol. The molecule has 4 amide bonds. The van der Waals surface area contributed by atoms with Crippen LogP contribution in [0.1, 0.15) is 33.6 Å². The highest BCUT2D eigenvalue weighted by molar-refractivity contribution is 6.23. The Labute approximate surface area is 216 Å². The number of likely N-dealkylation sites (N-methyl/N-ethyl adjacent to an activating group) is 2. The van der Waals surface area contributed by atoms with Crippen molar-refractivity contribution in [3.8, 4) is 0 Å². The molecule has 12 nitrogen and oxygen atoms in total. The van der Waals surface area contributed by atoms with Gasteiger partial charge in [0.15, 0.2) is 0 Å². The van der Waals surface area contributed by atoms with Crippen LogP contribution in [0.25, 0.3) is 0 Å². The summed E-state index contributed by atoms with van der Waals surface area (Å²) in [6.07, 6.45) is 0.215. The SMILES string of the molecule is CNCCOCCOCCOCCOCCN(C)c1ccc2c(c1)C(=O)N(C1CCC(=O)NC1=O)C2=O. The normalized spacial score (nSPS) is 17.4. The van der Waals surface area contributed by atoms with Gasteiger partial charge in [0.2, 0.25) is 11.8 Å². The third-order valence-corrected chi connectivity index (χ3v) is 6.05. The van der Waals surface area contributed by atoms with Gasteiger partial charge >= 0.3 is 0 Å². The van der Waals surface area contributed by atoms with Crippen molar-refractivity contribution in [1.82, 2.24) is 15.5 Å². The number of ether oxygens (including phenoxy) is 4. The smallest absolute Gasteiger partial charge is 0.262 e. The number of piperidine rings is 1. The minimum absolute atomic E-state index is 0.0868. The van der Waals surface area contributed by atoms with Crippen molar-refractivity contribution in [2.45, 2.75) is 18.9 Å². The molecule has 37 heavy (non-hydrogen) atoms. The van der Waals surface area contributed by atoms with Crippen LogP contribution in [-0.2, 0) is 28.5 Å². The second-order valence-corrected chi connectivity index (χ2v) is 8.65. The van der Waals surface area contributed by atoms with E-state index in [0.29, 0.717) is 59.4 Å². The fourth-order valence-electron chi connectivity index (χ4n) is 3.96. The third kappa shape index (κ3) is 8.04. The van der Waals surface area contributed by atoms with Gasteiger partial charge in [-0.25, -0.2) is 0 Å². The molecule has 2 N–H and O–H groups in total. The Balaban J connectivity index is 1.33. The minimum atomic E-state index is -0.976. The fraction of sp³-hybridized carbons (Fsp3) is 0.600. The predicted octanol–water partition coefficient (Wildman–Crippen LogP) is -0.190. The molecular weight excluding hydrogens is 484 g/mol. The predicted molar refractivity (Wildman–Crippen MR) is 134 cm³/mol. The van der Waals surface area contributed by atoms with Crippen molar-refractivity contribution < 1.29 is 38.1 Å². The van der Waals surface area contributed by atoms with E-state index in [9.17, 15) is 19.2 Å². The van der Waals surface area contributed by atoms with Gasteiger partial charge in [0.1, 0.15) is 6.04 Å². The number of hydrogen-bond acceptors (Lipinski definition) is 10. The number of fused-ring (bicyclic) bond motifs is 1. The van der Waals surface area contributed by atoms with E-state index in [1.54, 1.807) is 18.2 Å². The summed E-state index contributed by atoms with van der Waals surface area (Å²) in [7, 11) is 3.74. The Morgan fingerprint density at radius 1 is 0.892 bits per heavy atom. The summed E-state index contributed by atoms with van der Waals surface area (Å²) in [5.74, 6) is -2.07. The summed E-state index contributed by atoms with van der Waals surface area (Å²) in [5, 5.41) is 5.20. The Hall–Kier alpha value is -2.90. The first-order valence-corrected chi connectivity index (χ1v) is 12.5. The fourth-order valence-corrected chi connectivity index (χ4v) is 3.96. The Morgan fingerprint density at radius 2 is 1.49 bits per heavy atom. The van der Waals surface area contributed by atoms with Gasteiger partial charge in [0.05, 0.1) is 64.0 Å². The van der Waals surface area contributed by atoms with Gasteiger partial charge < -0.3 is 29.2 Å². The number of amides is 4. The largest absolute Gasteiger partial charge is 0.378 e. The second-order valence-electron chi connectivity index (χ2n) is 8.65. The molecule has 1 aromatic carbocycles. The van der Waals surface area contributed by atoms with Crippen molar-refractivity contribution in [1.29, 1.82) is 0 Å². The van der Waals surface area contributed by atoms with Gasteiger partial charge in [0.25, 0.3) is 11.8 Å². The van der Waals surface area contributed by atoms with E-state index in [4.69, 9.17) is 18.9 Å². The molecule has 204 valence electrons. The van der Waals surface area contributed by atoms with E-state index < -0.39 is 29.7 Å². The molecule has 3 rings (SSSR count). The maximum Gasteiger partial charge on any atom is 0.262 e. The average Bonchev–Trinajstić information content (AvgIpc) is 3.13. The van der Waals surface area contributed by atoms with E-state index in [0.717, 1.165) is 17.1 Å². The molecule has 1 saturated heterocycles. The number of benzene rings is 1. The lowest BCUT2D eigenvalue weighted by Crippen LogP contribution is -2.54. The number of nitrogens with zero attached hydrogens (tertiary/aromatic N) is 2. The topological polar surface area (TPSA) is 136 Å². The van der Waals surface area contributed by atoms with E-state index in [2.05, 4.69) is 10.6 Å². The zero-order valence-electron chi connectivity index (χ0n) is 21.5. The lowest BCUT2D eigenvalue weighted by Gasteiger charge is -2.27. The maximum absolute atomic E-state index is 13.0. The number of hydrogen-bond donors (Lipinski definition) is 2. The molecule has 2 aliphatic heterocycles. The summed E-state index contributed by atoms with van der Waals surface area (Å²) >= 11 is 0. The Morgan fingerprint density at radius 3 is 2.11 bits per heavy atom. The molecule has 1 fully saturated rings. The molecule has 0 spiro atoms. The lowest BCUT2D eigenvalue weighted by atomic mass is 10.0. The zero-order chi connectivity index (χ0) is 26.6. The highest BCUT2D eigenvalue weighted by Gasteiger charge is 2.44.